The summed E-state index contributed by atoms with van der Waals surface area (Å²) in [4.78, 5) is 8.78. The Hall–Kier alpha value is -2.36. The minimum atomic E-state index is 0.636. The highest BCUT2D eigenvalue weighted by Crippen LogP contribution is 2.16. The molecule has 2 N–H and O–H groups in total. The van der Waals surface area contributed by atoms with Crippen LogP contribution in [0.3, 0.4) is 0 Å². The molecule has 4 heteroatoms. The number of aryl methyl sites for hydroxylation is 1. The number of aromatic nitrogens is 2. The zero-order valence-electron chi connectivity index (χ0n) is 11.2. The number of hydrogen-bond donors (Lipinski definition) is 2. The van der Waals surface area contributed by atoms with Gasteiger partial charge in [-0.2, -0.15) is 4.98 Å². The Balaban J connectivity index is 2.12. The summed E-state index contributed by atoms with van der Waals surface area (Å²) in [6.07, 6.45) is 4.02. The number of nitrogens with one attached hydrogen (secondary N) is 2. The third-order valence-electron chi connectivity index (χ3n) is 2.51. The molecule has 0 unspecified atom stereocenters. The predicted molar refractivity (Wildman–Crippen MR) is 79.8 cm³/mol. The number of anilines is 3. The molecule has 0 spiro atoms. The molecule has 1 aromatic heterocycles. The number of rotatable bonds is 5. The summed E-state index contributed by atoms with van der Waals surface area (Å²) in [5.41, 5.74) is 1.94. The molecule has 19 heavy (non-hydrogen) atoms. The van der Waals surface area contributed by atoms with Gasteiger partial charge in [-0.1, -0.05) is 30.4 Å². The fourth-order valence-corrected chi connectivity index (χ4v) is 1.65. The lowest BCUT2D eigenvalue weighted by molar-refractivity contribution is 1.08. The van der Waals surface area contributed by atoms with E-state index in [1.54, 1.807) is 0 Å². The SMILES string of the molecule is CC=CCNc1nc(C)cc(Nc2ccccc2)n1. The van der Waals surface area contributed by atoms with Crippen LogP contribution < -0.4 is 10.6 Å². The zero-order chi connectivity index (χ0) is 13.5. The average Bonchev–Trinajstić information content (AvgIpc) is 2.39. The largest absolute Gasteiger partial charge is 0.351 e. The van der Waals surface area contributed by atoms with Gasteiger partial charge in [0.1, 0.15) is 5.82 Å². The summed E-state index contributed by atoms with van der Waals surface area (Å²) in [5, 5.41) is 6.43. The van der Waals surface area contributed by atoms with Crippen LogP contribution in [0.2, 0.25) is 0 Å². The third-order valence-corrected chi connectivity index (χ3v) is 2.51. The van der Waals surface area contributed by atoms with Crippen molar-refractivity contribution in [3.05, 3.63) is 54.2 Å². The van der Waals surface area contributed by atoms with Crippen molar-refractivity contribution in [2.75, 3.05) is 17.2 Å². The van der Waals surface area contributed by atoms with Gasteiger partial charge in [0.25, 0.3) is 0 Å². The van der Waals surface area contributed by atoms with Gasteiger partial charge >= 0.3 is 0 Å². The van der Waals surface area contributed by atoms with Gasteiger partial charge in [0.15, 0.2) is 0 Å². The lowest BCUT2D eigenvalue weighted by Gasteiger charge is -2.09. The first kappa shape index (κ1) is 13.1. The molecule has 98 valence electrons. The van der Waals surface area contributed by atoms with Gasteiger partial charge in [-0.25, -0.2) is 4.98 Å². The van der Waals surface area contributed by atoms with E-state index in [1.165, 1.54) is 0 Å². The van der Waals surface area contributed by atoms with Gasteiger partial charge in [-0.05, 0) is 26.0 Å². The van der Waals surface area contributed by atoms with Crippen molar-refractivity contribution in [3.63, 3.8) is 0 Å². The van der Waals surface area contributed by atoms with Crippen LogP contribution in [0.5, 0.6) is 0 Å². The monoisotopic (exact) mass is 254 g/mol. The first-order valence-corrected chi connectivity index (χ1v) is 6.30. The minimum absolute atomic E-state index is 0.636. The minimum Gasteiger partial charge on any atom is -0.351 e. The van der Waals surface area contributed by atoms with Crippen LogP contribution in [-0.4, -0.2) is 16.5 Å². The van der Waals surface area contributed by atoms with Gasteiger partial charge in [0.05, 0.1) is 0 Å². The molecule has 0 saturated heterocycles. The Morgan fingerprint density at radius 2 is 1.95 bits per heavy atom. The normalized spacial score (nSPS) is 10.6. The Morgan fingerprint density at radius 1 is 1.16 bits per heavy atom. The maximum absolute atomic E-state index is 4.43. The number of allylic oxidation sites excluding steroid dienone is 1. The molecule has 0 radical (unpaired) electrons. The fourth-order valence-electron chi connectivity index (χ4n) is 1.65. The number of hydrogen-bond acceptors (Lipinski definition) is 4. The lowest BCUT2D eigenvalue weighted by atomic mass is 10.3. The summed E-state index contributed by atoms with van der Waals surface area (Å²) >= 11 is 0. The molecule has 2 aromatic rings. The van der Waals surface area contributed by atoms with E-state index in [-0.39, 0.29) is 0 Å². The second-order valence-electron chi connectivity index (χ2n) is 4.16. The number of nitrogens with zero attached hydrogens (tertiary/aromatic N) is 2. The second-order valence-corrected chi connectivity index (χ2v) is 4.16. The molecule has 1 aromatic carbocycles. The highest BCUT2D eigenvalue weighted by atomic mass is 15.1. The molecule has 0 bridgehead atoms. The molecule has 0 aliphatic heterocycles. The van der Waals surface area contributed by atoms with Crippen molar-refractivity contribution in [2.24, 2.45) is 0 Å². The van der Waals surface area contributed by atoms with Crippen molar-refractivity contribution in [1.82, 2.24) is 9.97 Å². The van der Waals surface area contributed by atoms with E-state index in [2.05, 4.69) is 20.6 Å². The highest BCUT2D eigenvalue weighted by Gasteiger charge is 2.01. The summed E-state index contributed by atoms with van der Waals surface area (Å²) in [6, 6.07) is 11.9. The topological polar surface area (TPSA) is 49.8 Å². The molecule has 0 fully saturated rings. The van der Waals surface area contributed by atoms with E-state index in [0.717, 1.165) is 23.7 Å². The first-order chi connectivity index (χ1) is 9.28. The van der Waals surface area contributed by atoms with Gasteiger partial charge in [-0.3, -0.25) is 0 Å². The van der Waals surface area contributed by atoms with Crippen molar-refractivity contribution in [1.29, 1.82) is 0 Å². The van der Waals surface area contributed by atoms with E-state index < -0.39 is 0 Å². The summed E-state index contributed by atoms with van der Waals surface area (Å²) in [7, 11) is 0. The molecule has 0 aliphatic rings. The molecular formula is C15H18N4. The van der Waals surface area contributed by atoms with Crippen molar-refractivity contribution in [2.45, 2.75) is 13.8 Å². The van der Waals surface area contributed by atoms with Crippen LogP contribution in [0.25, 0.3) is 0 Å². The Kier molecular flexibility index (Phi) is 4.50. The van der Waals surface area contributed by atoms with Gasteiger partial charge in [0.2, 0.25) is 5.95 Å². The van der Waals surface area contributed by atoms with Crippen LogP contribution in [0.15, 0.2) is 48.6 Å². The molecule has 0 amide bonds. The zero-order valence-corrected chi connectivity index (χ0v) is 11.2. The quantitative estimate of drug-likeness (QED) is 0.802. The molecule has 4 nitrogen and oxygen atoms in total. The van der Waals surface area contributed by atoms with Crippen LogP contribution in [0.4, 0.5) is 17.5 Å². The summed E-state index contributed by atoms with van der Waals surface area (Å²) < 4.78 is 0. The maximum Gasteiger partial charge on any atom is 0.225 e. The smallest absolute Gasteiger partial charge is 0.225 e. The standard InChI is InChI=1S/C15H18N4/c1-3-4-10-16-15-17-12(2)11-14(19-15)18-13-8-6-5-7-9-13/h3-9,11H,10H2,1-2H3,(H2,16,17,18,19). The average molecular weight is 254 g/mol. The fraction of sp³-hybridized carbons (Fsp3) is 0.200. The highest BCUT2D eigenvalue weighted by molar-refractivity contribution is 5.57. The Morgan fingerprint density at radius 3 is 2.68 bits per heavy atom. The van der Waals surface area contributed by atoms with Crippen LogP contribution in [0, 0.1) is 6.92 Å². The van der Waals surface area contributed by atoms with E-state index >= 15 is 0 Å². The van der Waals surface area contributed by atoms with E-state index in [4.69, 9.17) is 0 Å². The maximum atomic E-state index is 4.43. The lowest BCUT2D eigenvalue weighted by Crippen LogP contribution is -2.06. The molecule has 2 rings (SSSR count). The Labute approximate surface area is 113 Å². The summed E-state index contributed by atoms with van der Waals surface area (Å²) in [6.45, 7) is 4.67. The van der Waals surface area contributed by atoms with Crippen LogP contribution in [-0.2, 0) is 0 Å². The molecular weight excluding hydrogens is 236 g/mol. The summed E-state index contributed by atoms with van der Waals surface area (Å²) in [5.74, 6) is 1.43. The predicted octanol–water partition coefficient (Wildman–Crippen LogP) is 3.52. The number of para-hydroxylation sites is 1. The van der Waals surface area contributed by atoms with Gasteiger partial charge in [0, 0.05) is 24.0 Å². The van der Waals surface area contributed by atoms with Gasteiger partial charge in [-0.15, -0.1) is 0 Å². The number of benzene rings is 1. The van der Waals surface area contributed by atoms with E-state index in [0.29, 0.717) is 5.95 Å². The van der Waals surface area contributed by atoms with E-state index in [9.17, 15) is 0 Å². The first-order valence-electron chi connectivity index (χ1n) is 6.30. The second kappa shape index (κ2) is 6.54. The van der Waals surface area contributed by atoms with Crippen molar-refractivity contribution < 1.29 is 0 Å². The van der Waals surface area contributed by atoms with Crippen molar-refractivity contribution >= 4 is 17.5 Å². The Bertz CT molecular complexity index is 549. The molecule has 0 atom stereocenters. The third kappa shape index (κ3) is 4.10. The molecule has 0 aliphatic carbocycles. The van der Waals surface area contributed by atoms with Crippen LogP contribution >= 0.6 is 0 Å². The van der Waals surface area contributed by atoms with Gasteiger partial charge < -0.3 is 10.6 Å². The molecule has 0 saturated carbocycles. The van der Waals surface area contributed by atoms with Crippen molar-refractivity contribution in [3.8, 4) is 0 Å². The molecule has 1 heterocycles. The van der Waals surface area contributed by atoms with E-state index in [1.807, 2.05) is 62.4 Å². The van der Waals surface area contributed by atoms with Crippen LogP contribution in [0.1, 0.15) is 12.6 Å².